The second kappa shape index (κ2) is 7.11. The summed E-state index contributed by atoms with van der Waals surface area (Å²) in [6, 6.07) is 7.26. The van der Waals surface area contributed by atoms with Crippen LogP contribution >= 0.6 is 0 Å². The van der Waals surface area contributed by atoms with E-state index in [0.717, 1.165) is 17.7 Å². The third-order valence-corrected chi connectivity index (χ3v) is 3.65. The Labute approximate surface area is 124 Å². The van der Waals surface area contributed by atoms with Crippen LogP contribution < -0.4 is 4.74 Å². The number of carbonyl (C=O) groups is 2. The Morgan fingerprint density at radius 1 is 1.29 bits per heavy atom. The van der Waals surface area contributed by atoms with Gasteiger partial charge in [0.2, 0.25) is 5.91 Å². The zero-order valence-corrected chi connectivity index (χ0v) is 12.5. The Morgan fingerprint density at radius 3 is 2.67 bits per heavy atom. The van der Waals surface area contributed by atoms with Gasteiger partial charge in [-0.15, -0.1) is 0 Å². The molecule has 1 fully saturated rings. The van der Waals surface area contributed by atoms with Gasteiger partial charge in [-0.2, -0.15) is 0 Å². The van der Waals surface area contributed by atoms with Gasteiger partial charge in [-0.05, 0) is 31.9 Å². The zero-order valence-electron chi connectivity index (χ0n) is 12.5. The van der Waals surface area contributed by atoms with Crippen molar-refractivity contribution in [3.05, 3.63) is 29.8 Å². The lowest BCUT2D eigenvalue weighted by atomic mass is 10.2. The minimum absolute atomic E-state index is 0.0602. The molecule has 114 valence electrons. The van der Waals surface area contributed by atoms with E-state index in [-0.39, 0.29) is 18.3 Å². The number of ether oxygens (including phenoxy) is 2. The molecule has 0 N–H and O–H groups in total. The van der Waals surface area contributed by atoms with Crippen molar-refractivity contribution < 1.29 is 19.1 Å². The predicted molar refractivity (Wildman–Crippen MR) is 78.0 cm³/mol. The summed E-state index contributed by atoms with van der Waals surface area (Å²) in [6.45, 7) is 2.93. The first-order valence-corrected chi connectivity index (χ1v) is 7.18. The van der Waals surface area contributed by atoms with E-state index in [2.05, 4.69) is 0 Å². The summed E-state index contributed by atoms with van der Waals surface area (Å²) in [6.07, 6.45) is 1.78. The fraction of sp³-hybridized carbons (Fsp3) is 0.500. The van der Waals surface area contributed by atoms with Crippen molar-refractivity contribution in [2.45, 2.75) is 32.2 Å². The van der Waals surface area contributed by atoms with E-state index in [1.165, 1.54) is 7.11 Å². The third kappa shape index (κ3) is 3.97. The average Bonchev–Trinajstić information content (AvgIpc) is 2.98. The number of carbonyl (C=O) groups excluding carboxylic acids is 2. The highest BCUT2D eigenvalue weighted by Gasteiger charge is 2.34. The summed E-state index contributed by atoms with van der Waals surface area (Å²) < 4.78 is 10.3. The van der Waals surface area contributed by atoms with Gasteiger partial charge in [0.25, 0.3) is 0 Å². The van der Waals surface area contributed by atoms with Crippen molar-refractivity contribution in [1.29, 1.82) is 0 Å². The maximum Gasteiger partial charge on any atom is 0.328 e. The number of nitrogens with zero attached hydrogens (tertiary/aromatic N) is 1. The topological polar surface area (TPSA) is 55.8 Å². The first kappa shape index (κ1) is 15.4. The monoisotopic (exact) mass is 291 g/mol. The molecule has 1 aliphatic rings. The maximum atomic E-state index is 12.2. The van der Waals surface area contributed by atoms with Gasteiger partial charge in [0.1, 0.15) is 11.8 Å². The van der Waals surface area contributed by atoms with Crippen LogP contribution in [0.5, 0.6) is 5.75 Å². The molecule has 1 aromatic carbocycles. The maximum absolute atomic E-state index is 12.2. The molecule has 0 saturated carbocycles. The van der Waals surface area contributed by atoms with E-state index in [4.69, 9.17) is 9.47 Å². The quantitative estimate of drug-likeness (QED) is 0.778. The van der Waals surface area contributed by atoms with Crippen molar-refractivity contribution in [2.24, 2.45) is 0 Å². The Morgan fingerprint density at radius 2 is 2.00 bits per heavy atom. The van der Waals surface area contributed by atoms with Crippen LogP contribution in [0.2, 0.25) is 0 Å². The van der Waals surface area contributed by atoms with Gasteiger partial charge >= 0.3 is 5.97 Å². The van der Waals surface area contributed by atoms with Gasteiger partial charge in [-0.1, -0.05) is 17.7 Å². The molecule has 0 spiro atoms. The molecule has 0 radical (unpaired) electrons. The fourth-order valence-corrected chi connectivity index (χ4v) is 2.48. The van der Waals surface area contributed by atoms with Crippen LogP contribution in [0.15, 0.2) is 24.3 Å². The number of aryl methyl sites for hydroxylation is 1. The Hall–Kier alpha value is -2.04. The SMILES string of the molecule is COC(=O)C1CCCN1C(=O)CCOc1ccc(C)cc1. The largest absolute Gasteiger partial charge is 0.493 e. The molecule has 5 heteroatoms. The van der Waals surface area contributed by atoms with Crippen molar-refractivity contribution >= 4 is 11.9 Å². The standard InChI is InChI=1S/C16H21NO4/c1-12-5-7-13(8-6-12)21-11-9-15(18)17-10-3-4-14(17)16(19)20-2/h5-8,14H,3-4,9-11H2,1-2H3. The molecule has 21 heavy (non-hydrogen) atoms. The molecular weight excluding hydrogens is 270 g/mol. The minimum atomic E-state index is -0.429. The summed E-state index contributed by atoms with van der Waals surface area (Å²) in [5, 5.41) is 0. The van der Waals surface area contributed by atoms with E-state index >= 15 is 0 Å². The molecule has 1 aliphatic heterocycles. The van der Waals surface area contributed by atoms with Crippen LogP contribution in [0.3, 0.4) is 0 Å². The summed E-state index contributed by atoms with van der Waals surface area (Å²) >= 11 is 0. The van der Waals surface area contributed by atoms with Gasteiger partial charge in [0.15, 0.2) is 0 Å². The van der Waals surface area contributed by atoms with Gasteiger partial charge in [-0.3, -0.25) is 4.79 Å². The molecule has 0 bridgehead atoms. The number of rotatable bonds is 5. The lowest BCUT2D eigenvalue weighted by Gasteiger charge is -2.22. The summed E-state index contributed by atoms with van der Waals surface area (Å²) in [7, 11) is 1.35. The number of hydrogen-bond donors (Lipinski definition) is 0. The normalized spacial score (nSPS) is 17.6. The molecule has 1 saturated heterocycles. The lowest BCUT2D eigenvalue weighted by molar-refractivity contribution is -0.151. The van der Waals surface area contributed by atoms with Gasteiger partial charge in [0, 0.05) is 6.54 Å². The van der Waals surface area contributed by atoms with E-state index in [1.54, 1.807) is 4.90 Å². The van der Waals surface area contributed by atoms with Crippen LogP contribution in [-0.4, -0.2) is 43.1 Å². The smallest absolute Gasteiger partial charge is 0.328 e. The number of benzene rings is 1. The number of likely N-dealkylation sites (tertiary alicyclic amines) is 1. The summed E-state index contributed by atoms with van der Waals surface area (Å²) in [5.74, 6) is 0.356. The molecule has 1 atom stereocenters. The van der Waals surface area contributed by atoms with E-state index in [9.17, 15) is 9.59 Å². The zero-order chi connectivity index (χ0) is 15.2. The minimum Gasteiger partial charge on any atom is -0.493 e. The Bertz CT molecular complexity index is 498. The molecule has 5 nitrogen and oxygen atoms in total. The van der Waals surface area contributed by atoms with E-state index in [0.29, 0.717) is 19.6 Å². The number of amides is 1. The number of methoxy groups -OCH3 is 1. The predicted octanol–water partition coefficient (Wildman–Crippen LogP) is 1.93. The van der Waals surface area contributed by atoms with Gasteiger partial charge < -0.3 is 14.4 Å². The highest BCUT2D eigenvalue weighted by atomic mass is 16.5. The average molecular weight is 291 g/mol. The van der Waals surface area contributed by atoms with Crippen molar-refractivity contribution in [2.75, 3.05) is 20.3 Å². The molecule has 0 aromatic heterocycles. The van der Waals surface area contributed by atoms with Crippen LogP contribution in [0.1, 0.15) is 24.8 Å². The Kier molecular flexibility index (Phi) is 5.20. The first-order chi connectivity index (χ1) is 10.1. The lowest BCUT2D eigenvalue weighted by Crippen LogP contribution is -2.41. The number of esters is 1. The fourth-order valence-electron chi connectivity index (χ4n) is 2.48. The summed E-state index contributed by atoms with van der Waals surface area (Å²) in [4.78, 5) is 25.4. The first-order valence-electron chi connectivity index (χ1n) is 7.18. The van der Waals surface area contributed by atoms with E-state index in [1.807, 2.05) is 31.2 Å². The highest BCUT2D eigenvalue weighted by Crippen LogP contribution is 2.19. The molecule has 1 heterocycles. The third-order valence-electron chi connectivity index (χ3n) is 3.65. The molecule has 2 rings (SSSR count). The van der Waals surface area contributed by atoms with Crippen molar-refractivity contribution in [1.82, 2.24) is 4.90 Å². The molecular formula is C16H21NO4. The van der Waals surface area contributed by atoms with Crippen LogP contribution in [0.25, 0.3) is 0 Å². The van der Waals surface area contributed by atoms with Gasteiger partial charge in [-0.25, -0.2) is 4.79 Å². The van der Waals surface area contributed by atoms with Crippen LogP contribution in [-0.2, 0) is 14.3 Å². The second-order valence-electron chi connectivity index (χ2n) is 5.18. The molecule has 1 amide bonds. The molecule has 1 aromatic rings. The van der Waals surface area contributed by atoms with Crippen LogP contribution in [0, 0.1) is 6.92 Å². The van der Waals surface area contributed by atoms with E-state index < -0.39 is 6.04 Å². The Balaban J connectivity index is 1.81. The van der Waals surface area contributed by atoms with Crippen molar-refractivity contribution in [3.8, 4) is 5.75 Å². The molecule has 1 unspecified atom stereocenters. The second-order valence-corrected chi connectivity index (χ2v) is 5.18. The highest BCUT2D eigenvalue weighted by molar-refractivity contribution is 5.85. The van der Waals surface area contributed by atoms with Crippen molar-refractivity contribution in [3.63, 3.8) is 0 Å². The summed E-state index contributed by atoms with van der Waals surface area (Å²) in [5.41, 5.74) is 1.16. The van der Waals surface area contributed by atoms with Gasteiger partial charge in [0.05, 0.1) is 20.1 Å². The number of hydrogen-bond acceptors (Lipinski definition) is 4. The van der Waals surface area contributed by atoms with Crippen LogP contribution in [0.4, 0.5) is 0 Å². The molecule has 0 aliphatic carbocycles.